The quantitative estimate of drug-likeness (QED) is 0.753. The molecule has 2 aromatic rings. The van der Waals surface area contributed by atoms with Gasteiger partial charge >= 0.3 is 0 Å². The molecule has 0 fully saturated rings. The van der Waals surface area contributed by atoms with Crippen LogP contribution in [0.2, 0.25) is 0 Å². The van der Waals surface area contributed by atoms with E-state index < -0.39 is 0 Å². The summed E-state index contributed by atoms with van der Waals surface area (Å²) in [7, 11) is 2.17. The second kappa shape index (κ2) is 3.29. The third-order valence-corrected chi connectivity index (χ3v) is 3.85. The Labute approximate surface area is 101 Å². The zero-order chi connectivity index (χ0) is 12.2. The van der Waals surface area contributed by atoms with Crippen molar-refractivity contribution in [2.45, 2.75) is 39.3 Å². The van der Waals surface area contributed by atoms with Crippen LogP contribution in [0, 0.1) is 6.92 Å². The second-order valence-electron chi connectivity index (χ2n) is 5.64. The van der Waals surface area contributed by atoms with E-state index in [1.807, 2.05) is 13.1 Å². The lowest BCUT2D eigenvalue weighted by molar-refractivity contribution is 0.132. The number of fused-ring (bicyclic) bond motifs is 3. The van der Waals surface area contributed by atoms with E-state index in [4.69, 9.17) is 0 Å². The second-order valence-corrected chi connectivity index (χ2v) is 5.64. The normalized spacial score (nSPS) is 19.5. The molecule has 0 spiro atoms. The molecular weight excluding hydrogens is 212 g/mol. The number of nitrogens with one attached hydrogen (secondary N) is 1. The van der Waals surface area contributed by atoms with Crippen LogP contribution in [-0.4, -0.2) is 32.4 Å². The molecule has 0 saturated heterocycles. The van der Waals surface area contributed by atoms with Gasteiger partial charge in [0.2, 0.25) is 0 Å². The molecular formula is C13H18N4. The molecule has 1 aliphatic heterocycles. The van der Waals surface area contributed by atoms with Gasteiger partial charge in [-0.3, -0.25) is 9.88 Å². The van der Waals surface area contributed by atoms with Crippen molar-refractivity contribution in [1.82, 2.24) is 19.9 Å². The van der Waals surface area contributed by atoms with Gasteiger partial charge in [-0.05, 0) is 34.2 Å². The number of nitrogens with zero attached hydrogens (tertiary/aromatic N) is 3. The Kier molecular flexibility index (Phi) is 2.08. The van der Waals surface area contributed by atoms with Crippen LogP contribution in [0.3, 0.4) is 0 Å². The van der Waals surface area contributed by atoms with E-state index in [2.05, 4.69) is 40.7 Å². The predicted molar refractivity (Wildman–Crippen MR) is 67.9 cm³/mol. The number of rotatable bonds is 0. The summed E-state index contributed by atoms with van der Waals surface area (Å²) in [4.78, 5) is 14.8. The molecule has 0 aromatic carbocycles. The summed E-state index contributed by atoms with van der Waals surface area (Å²) in [5.41, 5.74) is 5.74. The van der Waals surface area contributed by atoms with Gasteiger partial charge in [0.25, 0.3) is 0 Å². The number of hydrogen-bond acceptors (Lipinski definition) is 3. The molecule has 1 N–H and O–H groups in total. The average Bonchev–Trinajstić information content (AvgIpc) is 2.55. The summed E-state index contributed by atoms with van der Waals surface area (Å²) in [5, 5.41) is 0. The van der Waals surface area contributed by atoms with Crippen molar-refractivity contribution in [3.63, 3.8) is 0 Å². The predicted octanol–water partition coefficient (Wildman–Crippen LogP) is 2.03. The summed E-state index contributed by atoms with van der Waals surface area (Å²) in [6, 6.07) is 0. The standard InChI is InChI=1S/C13H18N4/c1-8-6-14-11-9-5-13(2,3)17(4)7-10(9)16-12(11)15-8/h6H,5,7H2,1-4H3,(H,15,16). The molecule has 3 heterocycles. The van der Waals surface area contributed by atoms with Crippen molar-refractivity contribution in [3.05, 3.63) is 23.1 Å². The fourth-order valence-corrected chi connectivity index (χ4v) is 2.49. The van der Waals surface area contributed by atoms with E-state index in [-0.39, 0.29) is 5.54 Å². The fourth-order valence-electron chi connectivity index (χ4n) is 2.49. The number of aromatic nitrogens is 3. The highest BCUT2D eigenvalue weighted by atomic mass is 15.2. The molecule has 0 aliphatic carbocycles. The van der Waals surface area contributed by atoms with E-state index in [0.29, 0.717) is 0 Å². The molecule has 0 unspecified atom stereocenters. The van der Waals surface area contributed by atoms with E-state index in [1.165, 1.54) is 11.3 Å². The van der Waals surface area contributed by atoms with Crippen LogP contribution in [0.15, 0.2) is 6.20 Å². The number of aryl methyl sites for hydroxylation is 1. The topological polar surface area (TPSA) is 44.8 Å². The van der Waals surface area contributed by atoms with Gasteiger partial charge in [-0.15, -0.1) is 0 Å². The number of H-pyrrole nitrogens is 1. The smallest absolute Gasteiger partial charge is 0.156 e. The molecule has 17 heavy (non-hydrogen) atoms. The molecule has 90 valence electrons. The number of aromatic amines is 1. The lowest BCUT2D eigenvalue weighted by Gasteiger charge is -2.39. The van der Waals surface area contributed by atoms with Gasteiger partial charge in [0.1, 0.15) is 5.52 Å². The minimum Gasteiger partial charge on any atom is -0.340 e. The zero-order valence-corrected chi connectivity index (χ0v) is 10.8. The summed E-state index contributed by atoms with van der Waals surface area (Å²) < 4.78 is 0. The SMILES string of the molecule is Cc1cnc2c3c([nH]c2n1)CN(C)C(C)(C)C3. The third-order valence-electron chi connectivity index (χ3n) is 3.85. The molecule has 0 radical (unpaired) electrons. The summed E-state index contributed by atoms with van der Waals surface area (Å²) in [5.74, 6) is 0. The van der Waals surface area contributed by atoms with Crippen molar-refractivity contribution in [2.75, 3.05) is 7.05 Å². The molecule has 3 rings (SSSR count). The molecule has 2 aromatic heterocycles. The first-order valence-electron chi connectivity index (χ1n) is 6.02. The minimum absolute atomic E-state index is 0.189. The molecule has 0 saturated carbocycles. The van der Waals surface area contributed by atoms with E-state index in [9.17, 15) is 0 Å². The minimum atomic E-state index is 0.189. The maximum absolute atomic E-state index is 4.53. The lowest BCUT2D eigenvalue weighted by atomic mass is 9.89. The molecule has 0 amide bonds. The highest BCUT2D eigenvalue weighted by molar-refractivity contribution is 5.77. The number of likely N-dealkylation sites (N-methyl/N-ethyl adjacent to an activating group) is 1. The van der Waals surface area contributed by atoms with Crippen molar-refractivity contribution in [1.29, 1.82) is 0 Å². The van der Waals surface area contributed by atoms with Gasteiger partial charge in [-0.2, -0.15) is 0 Å². The van der Waals surface area contributed by atoms with E-state index >= 15 is 0 Å². The summed E-state index contributed by atoms with van der Waals surface area (Å²) >= 11 is 0. The van der Waals surface area contributed by atoms with Crippen LogP contribution < -0.4 is 0 Å². The van der Waals surface area contributed by atoms with Gasteiger partial charge < -0.3 is 4.98 Å². The first-order chi connectivity index (χ1) is 7.97. The maximum Gasteiger partial charge on any atom is 0.156 e. The highest BCUT2D eigenvalue weighted by Gasteiger charge is 2.32. The fraction of sp³-hybridized carbons (Fsp3) is 0.538. The van der Waals surface area contributed by atoms with Gasteiger partial charge in [-0.1, -0.05) is 0 Å². The molecule has 0 bridgehead atoms. The Balaban J connectivity index is 2.21. The number of hydrogen-bond donors (Lipinski definition) is 1. The van der Waals surface area contributed by atoms with Gasteiger partial charge in [0.05, 0.1) is 5.69 Å². The Morgan fingerprint density at radius 3 is 2.94 bits per heavy atom. The molecule has 4 nitrogen and oxygen atoms in total. The van der Waals surface area contributed by atoms with E-state index in [1.54, 1.807) is 0 Å². The van der Waals surface area contributed by atoms with Crippen molar-refractivity contribution < 1.29 is 0 Å². The van der Waals surface area contributed by atoms with Gasteiger partial charge in [-0.25, -0.2) is 4.98 Å². The van der Waals surface area contributed by atoms with Gasteiger partial charge in [0.15, 0.2) is 5.65 Å². The van der Waals surface area contributed by atoms with Gasteiger partial charge in [0, 0.05) is 29.5 Å². The summed E-state index contributed by atoms with van der Waals surface area (Å²) in [6.07, 6.45) is 2.87. The molecule has 1 aliphatic rings. The zero-order valence-electron chi connectivity index (χ0n) is 10.8. The average molecular weight is 230 g/mol. The van der Waals surface area contributed by atoms with Crippen LogP contribution in [0.25, 0.3) is 11.2 Å². The van der Waals surface area contributed by atoms with Crippen LogP contribution in [0.1, 0.15) is 30.8 Å². The lowest BCUT2D eigenvalue weighted by Crippen LogP contribution is -2.45. The van der Waals surface area contributed by atoms with Crippen LogP contribution in [0.5, 0.6) is 0 Å². The Bertz CT molecular complexity index is 582. The Morgan fingerprint density at radius 2 is 2.18 bits per heavy atom. The first kappa shape index (κ1) is 10.7. The van der Waals surface area contributed by atoms with Crippen molar-refractivity contribution >= 4 is 11.2 Å². The largest absolute Gasteiger partial charge is 0.340 e. The van der Waals surface area contributed by atoms with Crippen molar-refractivity contribution in [3.8, 4) is 0 Å². The summed E-state index contributed by atoms with van der Waals surface area (Å²) in [6.45, 7) is 7.47. The van der Waals surface area contributed by atoms with E-state index in [0.717, 1.165) is 29.8 Å². The van der Waals surface area contributed by atoms with Crippen LogP contribution in [0.4, 0.5) is 0 Å². The Hall–Kier alpha value is -1.42. The Morgan fingerprint density at radius 1 is 1.41 bits per heavy atom. The maximum atomic E-state index is 4.53. The monoisotopic (exact) mass is 230 g/mol. The third kappa shape index (κ3) is 1.55. The molecule has 4 heteroatoms. The first-order valence-corrected chi connectivity index (χ1v) is 6.02. The van der Waals surface area contributed by atoms with Crippen LogP contribution >= 0.6 is 0 Å². The highest BCUT2D eigenvalue weighted by Crippen LogP contribution is 2.32. The van der Waals surface area contributed by atoms with Crippen molar-refractivity contribution in [2.24, 2.45) is 0 Å². The molecule has 0 atom stereocenters. The van der Waals surface area contributed by atoms with Crippen LogP contribution in [-0.2, 0) is 13.0 Å².